The Labute approximate surface area is 104 Å². The minimum atomic E-state index is 0.178. The Bertz CT molecular complexity index is 255. The van der Waals surface area contributed by atoms with E-state index < -0.39 is 0 Å². The third-order valence-corrected chi connectivity index (χ3v) is 3.65. The van der Waals surface area contributed by atoms with E-state index >= 15 is 0 Å². The third kappa shape index (κ3) is 4.88. The Kier molecular flexibility index (Phi) is 6.23. The highest BCUT2D eigenvalue weighted by atomic mass is 16.1. The summed E-state index contributed by atoms with van der Waals surface area (Å²) in [5.41, 5.74) is 0. The minimum absolute atomic E-state index is 0.178. The number of hydrogen-bond acceptors (Lipinski definition) is 2. The van der Waals surface area contributed by atoms with E-state index in [0.717, 1.165) is 38.5 Å². The van der Waals surface area contributed by atoms with Crippen molar-refractivity contribution in [1.29, 1.82) is 0 Å². The van der Waals surface area contributed by atoms with Gasteiger partial charge in [-0.25, -0.2) is 0 Å². The number of carbonyl (C=O) groups excluding carboxylic acids is 2. The summed E-state index contributed by atoms with van der Waals surface area (Å²) in [7, 11) is 0. The van der Waals surface area contributed by atoms with Gasteiger partial charge in [0, 0.05) is 24.8 Å². The number of nitrogens with one attached hydrogen (secondary N) is 1. The average molecular weight is 239 g/mol. The number of rotatable bonds is 6. The predicted octanol–water partition coefficient (Wildman–Crippen LogP) is 2.83. The molecule has 1 rings (SSSR count). The first-order valence-electron chi connectivity index (χ1n) is 6.99. The number of Topliss-reactive ketones (excluding diaryl/α,β-unsaturated/α-hetero) is 1. The van der Waals surface area contributed by atoms with Crippen LogP contribution in [0, 0.1) is 5.92 Å². The fraction of sp³-hybridized carbons (Fsp3) is 0.857. The van der Waals surface area contributed by atoms with Gasteiger partial charge in [-0.15, -0.1) is 0 Å². The number of ketones is 1. The lowest BCUT2D eigenvalue weighted by Crippen LogP contribution is -2.38. The summed E-state index contributed by atoms with van der Waals surface area (Å²) in [6, 6.07) is 0.306. The van der Waals surface area contributed by atoms with Crippen molar-refractivity contribution in [2.24, 2.45) is 5.92 Å². The fourth-order valence-corrected chi connectivity index (χ4v) is 2.49. The molecule has 0 heterocycles. The summed E-state index contributed by atoms with van der Waals surface area (Å²) in [5.74, 6) is 0.821. The zero-order chi connectivity index (χ0) is 12.7. The zero-order valence-corrected chi connectivity index (χ0v) is 11.1. The average Bonchev–Trinajstić information content (AvgIpc) is 2.36. The lowest BCUT2D eigenvalue weighted by atomic mass is 9.83. The van der Waals surface area contributed by atoms with Crippen molar-refractivity contribution in [1.82, 2.24) is 5.32 Å². The third-order valence-electron chi connectivity index (χ3n) is 3.65. The van der Waals surface area contributed by atoms with E-state index in [-0.39, 0.29) is 11.8 Å². The molecule has 0 saturated heterocycles. The molecule has 0 atom stereocenters. The largest absolute Gasteiger partial charge is 0.353 e. The van der Waals surface area contributed by atoms with Crippen molar-refractivity contribution in [3.63, 3.8) is 0 Å². The van der Waals surface area contributed by atoms with Gasteiger partial charge in [0.1, 0.15) is 5.78 Å². The fourth-order valence-electron chi connectivity index (χ4n) is 2.49. The molecule has 0 aliphatic heterocycles. The van der Waals surface area contributed by atoms with Crippen LogP contribution >= 0.6 is 0 Å². The molecule has 0 radical (unpaired) electrons. The van der Waals surface area contributed by atoms with Crippen LogP contribution in [0.15, 0.2) is 0 Å². The van der Waals surface area contributed by atoms with E-state index in [4.69, 9.17) is 0 Å². The lowest BCUT2D eigenvalue weighted by molar-refractivity contribution is -0.123. The molecule has 0 aromatic rings. The monoisotopic (exact) mass is 239 g/mol. The van der Waals surface area contributed by atoms with Crippen molar-refractivity contribution < 1.29 is 9.59 Å². The second-order valence-corrected chi connectivity index (χ2v) is 5.04. The summed E-state index contributed by atoms with van der Waals surface area (Å²) >= 11 is 0. The van der Waals surface area contributed by atoms with Gasteiger partial charge in [0.2, 0.25) is 5.91 Å². The van der Waals surface area contributed by atoms with Crippen LogP contribution in [0.3, 0.4) is 0 Å². The van der Waals surface area contributed by atoms with E-state index in [1.807, 2.05) is 6.92 Å². The van der Waals surface area contributed by atoms with E-state index in [1.165, 1.54) is 0 Å². The maximum absolute atomic E-state index is 11.6. The second-order valence-electron chi connectivity index (χ2n) is 5.04. The minimum Gasteiger partial charge on any atom is -0.353 e. The normalized spacial score (nSPS) is 24.4. The molecule has 1 N–H and O–H groups in total. The Hall–Kier alpha value is -0.860. The van der Waals surface area contributed by atoms with Crippen LogP contribution in [0.25, 0.3) is 0 Å². The SMILES string of the molecule is CCCCC(=O)NC1CCC(C(=O)CC)CC1. The van der Waals surface area contributed by atoms with Crippen molar-refractivity contribution in [2.45, 2.75) is 71.3 Å². The van der Waals surface area contributed by atoms with Gasteiger partial charge in [-0.2, -0.15) is 0 Å². The van der Waals surface area contributed by atoms with Gasteiger partial charge in [0.25, 0.3) is 0 Å². The Morgan fingerprint density at radius 3 is 2.29 bits per heavy atom. The summed E-state index contributed by atoms with van der Waals surface area (Å²) in [6.07, 6.45) is 7.16. The Balaban J connectivity index is 2.23. The van der Waals surface area contributed by atoms with E-state index in [0.29, 0.717) is 24.7 Å². The van der Waals surface area contributed by atoms with E-state index in [1.54, 1.807) is 0 Å². The van der Waals surface area contributed by atoms with Crippen molar-refractivity contribution in [2.75, 3.05) is 0 Å². The molecule has 17 heavy (non-hydrogen) atoms. The van der Waals surface area contributed by atoms with Crippen molar-refractivity contribution in [3.8, 4) is 0 Å². The molecule has 0 spiro atoms. The first kappa shape index (κ1) is 14.2. The molecule has 0 bridgehead atoms. The highest BCUT2D eigenvalue weighted by Crippen LogP contribution is 2.25. The van der Waals surface area contributed by atoms with E-state index in [9.17, 15) is 9.59 Å². The lowest BCUT2D eigenvalue weighted by Gasteiger charge is -2.28. The standard InChI is InChI=1S/C14H25NO2/c1-3-5-6-14(17)15-12-9-7-11(8-10-12)13(16)4-2/h11-12H,3-10H2,1-2H3,(H,15,17). The molecule has 1 aliphatic carbocycles. The van der Waals surface area contributed by atoms with E-state index in [2.05, 4.69) is 12.2 Å². The van der Waals surface area contributed by atoms with Crippen LogP contribution in [-0.4, -0.2) is 17.7 Å². The second kappa shape index (κ2) is 7.46. The first-order chi connectivity index (χ1) is 8.17. The molecule has 1 saturated carbocycles. The van der Waals surface area contributed by atoms with Gasteiger partial charge in [-0.1, -0.05) is 20.3 Å². The molecule has 3 nitrogen and oxygen atoms in total. The smallest absolute Gasteiger partial charge is 0.220 e. The molecule has 3 heteroatoms. The van der Waals surface area contributed by atoms with Crippen LogP contribution < -0.4 is 5.32 Å². The molecule has 0 aromatic heterocycles. The predicted molar refractivity (Wildman–Crippen MR) is 68.7 cm³/mol. The van der Waals surface area contributed by atoms with Crippen LogP contribution in [-0.2, 0) is 9.59 Å². The molecular formula is C14H25NO2. The van der Waals surface area contributed by atoms with Crippen LogP contribution in [0.5, 0.6) is 0 Å². The summed E-state index contributed by atoms with van der Waals surface area (Å²) in [6.45, 7) is 4.02. The highest BCUT2D eigenvalue weighted by Gasteiger charge is 2.25. The quantitative estimate of drug-likeness (QED) is 0.774. The Morgan fingerprint density at radius 1 is 1.12 bits per heavy atom. The highest BCUT2D eigenvalue weighted by molar-refractivity contribution is 5.80. The maximum atomic E-state index is 11.6. The van der Waals surface area contributed by atoms with Gasteiger partial charge in [0.15, 0.2) is 0 Å². The molecule has 0 unspecified atom stereocenters. The van der Waals surface area contributed by atoms with Gasteiger partial charge in [-0.05, 0) is 32.1 Å². The molecule has 1 amide bonds. The maximum Gasteiger partial charge on any atom is 0.220 e. The Morgan fingerprint density at radius 2 is 1.76 bits per heavy atom. The van der Waals surface area contributed by atoms with Gasteiger partial charge in [-0.3, -0.25) is 9.59 Å². The molecule has 1 fully saturated rings. The zero-order valence-electron chi connectivity index (χ0n) is 11.1. The van der Waals surface area contributed by atoms with Crippen molar-refractivity contribution in [3.05, 3.63) is 0 Å². The summed E-state index contributed by atoms with van der Waals surface area (Å²) in [4.78, 5) is 23.1. The molecule has 1 aliphatic rings. The van der Waals surface area contributed by atoms with Crippen LogP contribution in [0.4, 0.5) is 0 Å². The summed E-state index contributed by atoms with van der Waals surface area (Å²) < 4.78 is 0. The van der Waals surface area contributed by atoms with Gasteiger partial charge < -0.3 is 5.32 Å². The molecular weight excluding hydrogens is 214 g/mol. The first-order valence-corrected chi connectivity index (χ1v) is 6.99. The topological polar surface area (TPSA) is 46.2 Å². The summed E-state index contributed by atoms with van der Waals surface area (Å²) in [5, 5.41) is 3.08. The number of carbonyl (C=O) groups is 2. The molecule has 0 aromatic carbocycles. The number of unbranched alkanes of at least 4 members (excludes halogenated alkanes) is 1. The number of hydrogen-bond donors (Lipinski definition) is 1. The van der Waals surface area contributed by atoms with Crippen LogP contribution in [0.1, 0.15) is 65.2 Å². The molecule has 98 valence electrons. The van der Waals surface area contributed by atoms with Gasteiger partial charge in [0.05, 0.1) is 0 Å². The number of amides is 1. The van der Waals surface area contributed by atoms with Crippen molar-refractivity contribution >= 4 is 11.7 Å². The van der Waals surface area contributed by atoms with Gasteiger partial charge >= 0.3 is 0 Å². The van der Waals surface area contributed by atoms with Crippen LogP contribution in [0.2, 0.25) is 0 Å².